The molecular formula is C9H13N. The van der Waals surface area contributed by atoms with Gasteiger partial charge in [-0.3, -0.25) is 0 Å². The van der Waals surface area contributed by atoms with Crippen LogP contribution in [0.15, 0.2) is 0 Å². The van der Waals surface area contributed by atoms with E-state index < -0.39 is 0 Å². The first-order valence-electron chi connectivity index (χ1n) is 4.10. The molecule has 10 heavy (non-hydrogen) atoms. The lowest BCUT2D eigenvalue weighted by molar-refractivity contribution is 0.352. The third kappa shape index (κ3) is 0.932. The molecular weight excluding hydrogens is 122 g/mol. The Hall–Kier alpha value is -0.480. The minimum Gasteiger partial charge on any atom is -0.311 e. The van der Waals surface area contributed by atoms with Crippen molar-refractivity contribution in [3.8, 4) is 12.3 Å². The second-order valence-electron chi connectivity index (χ2n) is 3.47. The predicted octanol–water partition coefficient (Wildman–Crippen LogP) is 1.15. The molecule has 1 heteroatoms. The molecule has 2 aliphatic rings. The predicted molar refractivity (Wildman–Crippen MR) is 41.5 cm³/mol. The average molecular weight is 135 g/mol. The van der Waals surface area contributed by atoms with Crippen molar-refractivity contribution in [1.82, 2.24) is 5.32 Å². The normalized spacial score (nSPS) is 44.9. The van der Waals surface area contributed by atoms with E-state index in [0.29, 0.717) is 5.92 Å². The maximum atomic E-state index is 5.38. The van der Waals surface area contributed by atoms with Gasteiger partial charge in [-0.25, -0.2) is 0 Å². The Labute approximate surface area is 62.2 Å². The Morgan fingerprint density at radius 1 is 1.20 bits per heavy atom. The topological polar surface area (TPSA) is 12.0 Å². The first-order chi connectivity index (χ1) is 4.88. The average Bonchev–Trinajstić information content (AvgIpc) is 2.30. The molecule has 2 saturated heterocycles. The van der Waals surface area contributed by atoms with Crippen LogP contribution in [-0.4, -0.2) is 12.1 Å². The van der Waals surface area contributed by atoms with Crippen molar-refractivity contribution >= 4 is 0 Å². The molecule has 0 amide bonds. The molecule has 0 radical (unpaired) electrons. The van der Waals surface area contributed by atoms with Crippen molar-refractivity contribution in [2.45, 2.75) is 37.8 Å². The number of terminal acetylenes is 1. The quantitative estimate of drug-likeness (QED) is 0.491. The summed E-state index contributed by atoms with van der Waals surface area (Å²) in [7, 11) is 0. The van der Waals surface area contributed by atoms with Gasteiger partial charge in [0.2, 0.25) is 0 Å². The molecule has 0 spiro atoms. The van der Waals surface area contributed by atoms with Crippen LogP contribution in [0, 0.1) is 18.3 Å². The zero-order valence-electron chi connectivity index (χ0n) is 6.14. The van der Waals surface area contributed by atoms with Crippen LogP contribution >= 0.6 is 0 Å². The smallest absolute Gasteiger partial charge is 0.0229 e. The summed E-state index contributed by atoms with van der Waals surface area (Å²) in [5.74, 6) is 3.43. The molecule has 2 rings (SSSR count). The summed E-state index contributed by atoms with van der Waals surface area (Å²) >= 11 is 0. The lowest BCUT2D eigenvalue weighted by Gasteiger charge is -2.25. The van der Waals surface area contributed by atoms with Gasteiger partial charge in [0.1, 0.15) is 0 Å². The summed E-state index contributed by atoms with van der Waals surface area (Å²) < 4.78 is 0. The highest BCUT2D eigenvalue weighted by atomic mass is 15.0. The van der Waals surface area contributed by atoms with Crippen LogP contribution in [0.2, 0.25) is 0 Å². The number of nitrogens with one attached hydrogen (secondary N) is 1. The number of hydrogen-bond acceptors (Lipinski definition) is 1. The summed E-state index contributed by atoms with van der Waals surface area (Å²) in [6.07, 6.45) is 10.5. The molecule has 2 bridgehead atoms. The van der Waals surface area contributed by atoms with Gasteiger partial charge in [0.05, 0.1) is 0 Å². The molecule has 0 aromatic rings. The largest absolute Gasteiger partial charge is 0.311 e. The van der Waals surface area contributed by atoms with Crippen molar-refractivity contribution in [2.75, 3.05) is 0 Å². The minimum atomic E-state index is 0.568. The number of fused-ring (bicyclic) bond motifs is 2. The van der Waals surface area contributed by atoms with Gasteiger partial charge in [-0.1, -0.05) is 0 Å². The van der Waals surface area contributed by atoms with Crippen molar-refractivity contribution in [2.24, 2.45) is 5.92 Å². The Bertz CT molecular complexity index is 156. The number of hydrogen-bond donors (Lipinski definition) is 1. The molecule has 2 unspecified atom stereocenters. The molecule has 1 N–H and O–H groups in total. The van der Waals surface area contributed by atoms with Gasteiger partial charge >= 0.3 is 0 Å². The van der Waals surface area contributed by atoms with Crippen molar-refractivity contribution in [3.05, 3.63) is 0 Å². The molecule has 2 aliphatic heterocycles. The Kier molecular flexibility index (Phi) is 1.43. The van der Waals surface area contributed by atoms with Gasteiger partial charge in [0, 0.05) is 18.0 Å². The fraction of sp³-hybridized carbons (Fsp3) is 0.778. The second-order valence-corrected chi connectivity index (χ2v) is 3.47. The van der Waals surface area contributed by atoms with Crippen LogP contribution in [-0.2, 0) is 0 Å². The number of rotatable bonds is 0. The summed E-state index contributed by atoms with van der Waals surface area (Å²) in [5.41, 5.74) is 0. The second kappa shape index (κ2) is 2.29. The summed E-state index contributed by atoms with van der Waals surface area (Å²) in [5, 5.41) is 3.56. The van der Waals surface area contributed by atoms with E-state index in [1.165, 1.54) is 25.7 Å². The van der Waals surface area contributed by atoms with E-state index in [0.717, 1.165) is 12.1 Å². The molecule has 2 heterocycles. The number of piperidine rings is 1. The SMILES string of the molecule is C#CC1CC2CCC(C1)N2. The maximum Gasteiger partial charge on any atom is 0.0229 e. The Morgan fingerprint density at radius 3 is 2.30 bits per heavy atom. The molecule has 1 nitrogen and oxygen atoms in total. The van der Waals surface area contributed by atoms with Crippen molar-refractivity contribution < 1.29 is 0 Å². The standard InChI is InChI=1S/C9H13N/c1-2-7-5-8-3-4-9(6-7)10-8/h1,7-10H,3-6H2. The van der Waals surface area contributed by atoms with Crippen LogP contribution in [0.3, 0.4) is 0 Å². The van der Waals surface area contributed by atoms with Crippen molar-refractivity contribution in [3.63, 3.8) is 0 Å². The first-order valence-corrected chi connectivity index (χ1v) is 4.10. The van der Waals surface area contributed by atoms with Crippen LogP contribution in [0.4, 0.5) is 0 Å². The van der Waals surface area contributed by atoms with Crippen LogP contribution in [0.25, 0.3) is 0 Å². The molecule has 0 aromatic carbocycles. The summed E-state index contributed by atoms with van der Waals surface area (Å²) in [6.45, 7) is 0. The van der Waals surface area contributed by atoms with Crippen LogP contribution < -0.4 is 5.32 Å². The zero-order chi connectivity index (χ0) is 6.97. The van der Waals surface area contributed by atoms with Gasteiger partial charge in [-0.15, -0.1) is 12.3 Å². The molecule has 54 valence electrons. The molecule has 2 fully saturated rings. The Morgan fingerprint density at radius 2 is 1.80 bits per heavy atom. The van der Waals surface area contributed by atoms with Crippen LogP contribution in [0.1, 0.15) is 25.7 Å². The lowest BCUT2D eigenvalue weighted by Crippen LogP contribution is -2.37. The highest BCUT2D eigenvalue weighted by Gasteiger charge is 2.32. The molecule has 0 saturated carbocycles. The fourth-order valence-electron chi connectivity index (χ4n) is 2.19. The van der Waals surface area contributed by atoms with Gasteiger partial charge < -0.3 is 5.32 Å². The van der Waals surface area contributed by atoms with E-state index in [4.69, 9.17) is 6.42 Å². The van der Waals surface area contributed by atoms with Gasteiger partial charge in [-0.05, 0) is 25.7 Å². The van der Waals surface area contributed by atoms with Gasteiger partial charge in [0.25, 0.3) is 0 Å². The highest BCUT2D eigenvalue weighted by Crippen LogP contribution is 2.29. The van der Waals surface area contributed by atoms with Gasteiger partial charge in [-0.2, -0.15) is 0 Å². The van der Waals surface area contributed by atoms with Crippen molar-refractivity contribution in [1.29, 1.82) is 0 Å². The Balaban J connectivity index is 2.04. The fourth-order valence-corrected chi connectivity index (χ4v) is 2.19. The highest BCUT2D eigenvalue weighted by molar-refractivity contribution is 5.03. The summed E-state index contributed by atoms with van der Waals surface area (Å²) in [6, 6.07) is 1.50. The van der Waals surface area contributed by atoms with E-state index in [9.17, 15) is 0 Å². The molecule has 0 aromatic heterocycles. The third-order valence-corrected chi connectivity index (χ3v) is 2.71. The monoisotopic (exact) mass is 135 g/mol. The maximum absolute atomic E-state index is 5.38. The minimum absolute atomic E-state index is 0.568. The van der Waals surface area contributed by atoms with E-state index in [1.807, 2.05) is 0 Å². The zero-order valence-corrected chi connectivity index (χ0v) is 6.14. The van der Waals surface area contributed by atoms with E-state index in [-0.39, 0.29) is 0 Å². The summed E-state index contributed by atoms with van der Waals surface area (Å²) in [4.78, 5) is 0. The molecule has 2 atom stereocenters. The lowest BCUT2D eigenvalue weighted by atomic mass is 9.93. The van der Waals surface area contributed by atoms with Crippen LogP contribution in [0.5, 0.6) is 0 Å². The first kappa shape index (κ1) is 6.24. The van der Waals surface area contributed by atoms with E-state index in [1.54, 1.807) is 0 Å². The molecule has 0 aliphatic carbocycles. The van der Waals surface area contributed by atoms with E-state index >= 15 is 0 Å². The van der Waals surface area contributed by atoms with Gasteiger partial charge in [0.15, 0.2) is 0 Å². The third-order valence-electron chi connectivity index (χ3n) is 2.71. The van der Waals surface area contributed by atoms with E-state index in [2.05, 4.69) is 11.2 Å².